The number of benzene rings is 1. The highest BCUT2D eigenvalue weighted by Crippen LogP contribution is 2.29. The lowest BCUT2D eigenvalue weighted by Gasteiger charge is -2.15. The molecule has 16 heavy (non-hydrogen) atoms. The van der Waals surface area contributed by atoms with Crippen molar-refractivity contribution in [3.8, 4) is 0 Å². The fourth-order valence-electron chi connectivity index (χ4n) is 1.72. The van der Waals surface area contributed by atoms with Crippen molar-refractivity contribution in [2.75, 3.05) is 0 Å². The SMILES string of the molecule is CCC(C)C(N)c1cc2ccc(Br)cc2o1. The summed E-state index contributed by atoms with van der Waals surface area (Å²) in [4.78, 5) is 0. The fourth-order valence-corrected chi connectivity index (χ4v) is 2.06. The molecule has 0 saturated heterocycles. The summed E-state index contributed by atoms with van der Waals surface area (Å²) in [6.07, 6.45) is 1.06. The topological polar surface area (TPSA) is 39.2 Å². The second-order valence-corrected chi connectivity index (χ2v) is 5.16. The third-order valence-electron chi connectivity index (χ3n) is 3.09. The van der Waals surface area contributed by atoms with Crippen LogP contribution in [0.25, 0.3) is 11.0 Å². The summed E-state index contributed by atoms with van der Waals surface area (Å²) in [5.41, 5.74) is 7.04. The first-order valence-electron chi connectivity index (χ1n) is 5.56. The largest absolute Gasteiger partial charge is 0.459 e. The van der Waals surface area contributed by atoms with E-state index in [1.807, 2.05) is 24.3 Å². The third-order valence-corrected chi connectivity index (χ3v) is 3.58. The lowest BCUT2D eigenvalue weighted by atomic mass is 9.98. The van der Waals surface area contributed by atoms with Gasteiger partial charge in [-0.15, -0.1) is 0 Å². The average molecular weight is 282 g/mol. The molecule has 0 amide bonds. The Balaban J connectivity index is 2.39. The zero-order valence-corrected chi connectivity index (χ0v) is 11.1. The molecular formula is C13H16BrNO. The van der Waals surface area contributed by atoms with Crippen molar-refractivity contribution in [2.45, 2.75) is 26.3 Å². The van der Waals surface area contributed by atoms with Crippen LogP contribution in [0.4, 0.5) is 0 Å². The summed E-state index contributed by atoms with van der Waals surface area (Å²) < 4.78 is 6.80. The first kappa shape index (κ1) is 11.7. The molecule has 0 radical (unpaired) electrons. The molecule has 0 saturated carbocycles. The van der Waals surface area contributed by atoms with Crippen molar-refractivity contribution in [3.63, 3.8) is 0 Å². The van der Waals surface area contributed by atoms with Crippen molar-refractivity contribution in [2.24, 2.45) is 11.7 Å². The highest BCUT2D eigenvalue weighted by molar-refractivity contribution is 9.10. The molecule has 0 aliphatic carbocycles. The van der Waals surface area contributed by atoms with E-state index in [4.69, 9.17) is 10.2 Å². The number of hydrogen-bond donors (Lipinski definition) is 1. The van der Waals surface area contributed by atoms with Gasteiger partial charge in [-0.3, -0.25) is 0 Å². The molecule has 2 aromatic rings. The summed E-state index contributed by atoms with van der Waals surface area (Å²) in [6.45, 7) is 4.29. The number of fused-ring (bicyclic) bond motifs is 1. The number of rotatable bonds is 3. The van der Waals surface area contributed by atoms with Crippen molar-refractivity contribution in [3.05, 3.63) is 34.5 Å². The minimum atomic E-state index is -0.0174. The number of hydrogen-bond acceptors (Lipinski definition) is 2. The molecule has 2 atom stereocenters. The van der Waals surface area contributed by atoms with Gasteiger partial charge < -0.3 is 10.2 Å². The van der Waals surface area contributed by atoms with Gasteiger partial charge in [0.05, 0.1) is 6.04 Å². The van der Waals surface area contributed by atoms with Crippen LogP contribution in [0.15, 0.2) is 33.2 Å². The average Bonchev–Trinajstić information content (AvgIpc) is 2.69. The molecule has 1 heterocycles. The van der Waals surface area contributed by atoms with Gasteiger partial charge in [-0.1, -0.05) is 36.2 Å². The summed E-state index contributed by atoms with van der Waals surface area (Å²) in [5.74, 6) is 1.31. The molecule has 1 aromatic carbocycles. The maximum Gasteiger partial charge on any atom is 0.135 e. The Bertz CT molecular complexity index is 492. The Morgan fingerprint density at radius 1 is 1.38 bits per heavy atom. The second kappa shape index (κ2) is 4.60. The van der Waals surface area contributed by atoms with Gasteiger partial charge in [0.15, 0.2) is 0 Å². The van der Waals surface area contributed by atoms with Crippen LogP contribution in [0.5, 0.6) is 0 Å². The minimum Gasteiger partial charge on any atom is -0.459 e. The maximum atomic E-state index is 6.15. The van der Waals surface area contributed by atoms with Gasteiger partial charge in [0, 0.05) is 9.86 Å². The lowest BCUT2D eigenvalue weighted by molar-refractivity contribution is 0.388. The van der Waals surface area contributed by atoms with E-state index in [0.717, 1.165) is 27.6 Å². The molecule has 2 N–H and O–H groups in total. The fraction of sp³-hybridized carbons (Fsp3) is 0.385. The van der Waals surface area contributed by atoms with Gasteiger partial charge in [0.1, 0.15) is 11.3 Å². The predicted molar refractivity (Wildman–Crippen MR) is 70.3 cm³/mol. The van der Waals surface area contributed by atoms with E-state index >= 15 is 0 Å². The third kappa shape index (κ3) is 2.15. The minimum absolute atomic E-state index is 0.0174. The van der Waals surface area contributed by atoms with Crippen LogP contribution in [-0.2, 0) is 0 Å². The molecule has 2 nitrogen and oxygen atoms in total. The number of nitrogens with two attached hydrogens (primary N) is 1. The lowest BCUT2D eigenvalue weighted by Crippen LogP contribution is -2.17. The monoisotopic (exact) mass is 281 g/mol. The van der Waals surface area contributed by atoms with Crippen LogP contribution < -0.4 is 5.73 Å². The molecule has 2 unspecified atom stereocenters. The van der Waals surface area contributed by atoms with E-state index in [2.05, 4.69) is 29.8 Å². The highest BCUT2D eigenvalue weighted by atomic mass is 79.9. The molecule has 0 spiro atoms. The molecule has 2 rings (SSSR count). The van der Waals surface area contributed by atoms with E-state index < -0.39 is 0 Å². The summed E-state index contributed by atoms with van der Waals surface area (Å²) in [6, 6.07) is 8.04. The normalized spacial score (nSPS) is 15.2. The van der Waals surface area contributed by atoms with Crippen molar-refractivity contribution in [1.82, 2.24) is 0 Å². The Labute approximate surface area is 104 Å². The van der Waals surface area contributed by atoms with Crippen LogP contribution in [0, 0.1) is 5.92 Å². The number of halogens is 1. The summed E-state index contributed by atoms with van der Waals surface area (Å²) in [7, 11) is 0. The Hall–Kier alpha value is -0.800. The molecule has 0 aliphatic heterocycles. The highest BCUT2D eigenvalue weighted by Gasteiger charge is 2.17. The van der Waals surface area contributed by atoms with Crippen molar-refractivity contribution in [1.29, 1.82) is 0 Å². The van der Waals surface area contributed by atoms with Gasteiger partial charge in [-0.05, 0) is 30.2 Å². The first-order valence-corrected chi connectivity index (χ1v) is 6.35. The van der Waals surface area contributed by atoms with E-state index in [1.54, 1.807) is 0 Å². The molecule has 0 aliphatic rings. The number of furan rings is 1. The molecule has 0 bridgehead atoms. The Morgan fingerprint density at radius 3 is 2.81 bits per heavy atom. The Kier molecular flexibility index (Phi) is 3.36. The maximum absolute atomic E-state index is 6.15. The smallest absolute Gasteiger partial charge is 0.135 e. The van der Waals surface area contributed by atoms with E-state index in [1.165, 1.54) is 0 Å². The van der Waals surface area contributed by atoms with Crippen molar-refractivity contribution < 1.29 is 4.42 Å². The molecule has 86 valence electrons. The van der Waals surface area contributed by atoms with Gasteiger partial charge >= 0.3 is 0 Å². The van der Waals surface area contributed by atoms with Gasteiger partial charge in [0.2, 0.25) is 0 Å². The van der Waals surface area contributed by atoms with Crippen molar-refractivity contribution >= 4 is 26.9 Å². The standard InChI is InChI=1S/C13H16BrNO/c1-3-8(2)13(15)12-6-9-4-5-10(14)7-11(9)16-12/h4-8,13H,3,15H2,1-2H3. The van der Waals surface area contributed by atoms with E-state index in [0.29, 0.717) is 5.92 Å². The van der Waals surface area contributed by atoms with Crippen LogP contribution >= 0.6 is 15.9 Å². The molecule has 0 fully saturated rings. The van der Waals surface area contributed by atoms with Gasteiger partial charge in [0.25, 0.3) is 0 Å². The molecular weight excluding hydrogens is 266 g/mol. The zero-order chi connectivity index (χ0) is 11.7. The Morgan fingerprint density at radius 2 is 2.12 bits per heavy atom. The van der Waals surface area contributed by atoms with Crippen LogP contribution in [0.3, 0.4) is 0 Å². The van der Waals surface area contributed by atoms with E-state index in [9.17, 15) is 0 Å². The van der Waals surface area contributed by atoms with E-state index in [-0.39, 0.29) is 6.04 Å². The first-order chi connectivity index (χ1) is 7.61. The quantitative estimate of drug-likeness (QED) is 0.914. The predicted octanol–water partition coefficient (Wildman–Crippen LogP) is 4.24. The zero-order valence-electron chi connectivity index (χ0n) is 9.53. The molecule has 3 heteroatoms. The van der Waals surface area contributed by atoms with Gasteiger partial charge in [-0.2, -0.15) is 0 Å². The second-order valence-electron chi connectivity index (χ2n) is 4.24. The molecule has 1 aromatic heterocycles. The summed E-state index contributed by atoms with van der Waals surface area (Å²) >= 11 is 3.43. The van der Waals surface area contributed by atoms with Gasteiger partial charge in [-0.25, -0.2) is 0 Å². The van der Waals surface area contributed by atoms with Crippen LogP contribution in [-0.4, -0.2) is 0 Å². The van der Waals surface area contributed by atoms with Crippen LogP contribution in [0.2, 0.25) is 0 Å². The van der Waals surface area contributed by atoms with Crippen LogP contribution in [0.1, 0.15) is 32.1 Å². The summed E-state index contributed by atoms with van der Waals surface area (Å²) in [5, 5.41) is 1.11.